The molecule has 2 aliphatic heterocycles. The summed E-state index contributed by atoms with van der Waals surface area (Å²) in [5.41, 5.74) is 12.0. The smallest absolute Gasteiger partial charge is 0.0608 e. The van der Waals surface area contributed by atoms with Crippen LogP contribution in [0.25, 0.3) is 43.8 Å². The predicted octanol–water partition coefficient (Wildman–Crippen LogP) is 15.2. The molecule has 2 aliphatic rings. The highest BCUT2D eigenvalue weighted by molar-refractivity contribution is 8.00. The van der Waals surface area contributed by atoms with Crippen LogP contribution in [0.3, 0.4) is 0 Å². The van der Waals surface area contributed by atoms with Gasteiger partial charge in [-0.1, -0.05) is 151 Å². The fraction of sp³-hybridized carbons (Fsp3) is 0. The molecular formula is C50H32N2S2. The van der Waals surface area contributed by atoms with E-state index < -0.39 is 0 Å². The SMILES string of the molecule is c1ccc(-c2ccc(N3c4ccccc4Sc4ccc(-c5ccc6c(c5)N(c5cccc7ccccc57)c5cc7ccccc7cc5S6)cc43)cc2)cc1. The maximum atomic E-state index is 2.49. The van der Waals surface area contributed by atoms with E-state index in [4.69, 9.17) is 0 Å². The molecule has 0 bridgehead atoms. The van der Waals surface area contributed by atoms with E-state index in [1.54, 1.807) is 0 Å². The Bertz CT molecular complexity index is 2900. The second-order valence-corrected chi connectivity index (χ2v) is 16.0. The van der Waals surface area contributed by atoms with Gasteiger partial charge < -0.3 is 9.80 Å². The Morgan fingerprint density at radius 1 is 0.278 bits per heavy atom. The first-order valence-electron chi connectivity index (χ1n) is 18.2. The first-order valence-corrected chi connectivity index (χ1v) is 19.9. The molecule has 9 aromatic rings. The molecule has 2 heterocycles. The number of anilines is 6. The van der Waals surface area contributed by atoms with Gasteiger partial charge in [0, 0.05) is 30.7 Å². The fourth-order valence-corrected chi connectivity index (χ4v) is 10.1. The van der Waals surface area contributed by atoms with Gasteiger partial charge >= 0.3 is 0 Å². The van der Waals surface area contributed by atoms with Crippen LogP contribution in [0.1, 0.15) is 0 Å². The van der Waals surface area contributed by atoms with Crippen LogP contribution in [0.5, 0.6) is 0 Å². The summed E-state index contributed by atoms with van der Waals surface area (Å²) in [5.74, 6) is 0. The summed E-state index contributed by atoms with van der Waals surface area (Å²) in [5, 5.41) is 4.97. The molecule has 2 nitrogen and oxygen atoms in total. The first kappa shape index (κ1) is 31.3. The number of hydrogen-bond donors (Lipinski definition) is 0. The zero-order valence-corrected chi connectivity index (χ0v) is 30.8. The Balaban J connectivity index is 1.06. The maximum Gasteiger partial charge on any atom is 0.0608 e. The zero-order valence-electron chi connectivity index (χ0n) is 29.2. The van der Waals surface area contributed by atoms with E-state index in [-0.39, 0.29) is 0 Å². The summed E-state index contributed by atoms with van der Waals surface area (Å²) in [4.78, 5) is 9.93. The molecule has 0 fully saturated rings. The third-order valence-electron chi connectivity index (χ3n) is 10.6. The Morgan fingerprint density at radius 3 is 1.57 bits per heavy atom. The Labute approximate surface area is 323 Å². The van der Waals surface area contributed by atoms with Gasteiger partial charge in [-0.2, -0.15) is 0 Å². The van der Waals surface area contributed by atoms with Crippen molar-refractivity contribution in [2.24, 2.45) is 0 Å². The van der Waals surface area contributed by atoms with E-state index in [0.717, 1.165) is 5.69 Å². The van der Waals surface area contributed by atoms with Crippen LogP contribution in [-0.2, 0) is 0 Å². The molecule has 11 rings (SSSR count). The normalized spacial score (nSPS) is 13.0. The van der Waals surface area contributed by atoms with Crippen LogP contribution in [0.15, 0.2) is 214 Å². The number of benzene rings is 9. The minimum absolute atomic E-state index is 1.15. The summed E-state index contributed by atoms with van der Waals surface area (Å²) < 4.78 is 0. The first-order chi connectivity index (χ1) is 26.7. The molecule has 0 aliphatic carbocycles. The molecule has 0 saturated carbocycles. The van der Waals surface area contributed by atoms with Crippen LogP contribution >= 0.6 is 23.5 Å². The molecule has 254 valence electrons. The van der Waals surface area contributed by atoms with Crippen molar-refractivity contribution in [2.75, 3.05) is 9.80 Å². The van der Waals surface area contributed by atoms with Gasteiger partial charge in [-0.25, -0.2) is 0 Å². The highest BCUT2D eigenvalue weighted by Gasteiger charge is 2.29. The summed E-state index contributed by atoms with van der Waals surface area (Å²) in [6.45, 7) is 0. The Kier molecular flexibility index (Phi) is 7.39. The van der Waals surface area contributed by atoms with Gasteiger partial charge in [0.25, 0.3) is 0 Å². The largest absolute Gasteiger partial charge is 0.308 e. The van der Waals surface area contributed by atoms with Crippen molar-refractivity contribution in [1.82, 2.24) is 0 Å². The second kappa shape index (κ2) is 12.7. The molecule has 4 heteroatoms. The van der Waals surface area contributed by atoms with Crippen molar-refractivity contribution in [1.29, 1.82) is 0 Å². The van der Waals surface area contributed by atoms with Crippen LogP contribution in [0, 0.1) is 0 Å². The molecule has 0 spiro atoms. The van der Waals surface area contributed by atoms with E-state index in [0.29, 0.717) is 0 Å². The third-order valence-corrected chi connectivity index (χ3v) is 12.8. The topological polar surface area (TPSA) is 6.48 Å². The van der Waals surface area contributed by atoms with Crippen molar-refractivity contribution >= 4 is 79.2 Å². The molecule has 54 heavy (non-hydrogen) atoms. The van der Waals surface area contributed by atoms with Crippen LogP contribution < -0.4 is 9.80 Å². The van der Waals surface area contributed by atoms with Crippen molar-refractivity contribution in [3.63, 3.8) is 0 Å². The molecule has 9 aromatic carbocycles. The molecule has 0 atom stereocenters. The molecule has 0 unspecified atom stereocenters. The molecule has 0 aromatic heterocycles. The van der Waals surface area contributed by atoms with Gasteiger partial charge in [-0.05, 0) is 105 Å². The lowest BCUT2D eigenvalue weighted by molar-refractivity contribution is 1.16. The average molecular weight is 725 g/mol. The van der Waals surface area contributed by atoms with Gasteiger partial charge in [0.1, 0.15) is 0 Å². The molecule has 0 radical (unpaired) electrons. The van der Waals surface area contributed by atoms with Crippen molar-refractivity contribution in [3.05, 3.63) is 194 Å². The molecule has 0 N–H and O–H groups in total. The van der Waals surface area contributed by atoms with Gasteiger partial charge in [0.2, 0.25) is 0 Å². The van der Waals surface area contributed by atoms with Gasteiger partial charge in [-0.3, -0.25) is 0 Å². The summed E-state index contributed by atoms with van der Waals surface area (Å²) >= 11 is 3.71. The summed E-state index contributed by atoms with van der Waals surface area (Å²) in [6.07, 6.45) is 0. The van der Waals surface area contributed by atoms with Gasteiger partial charge in [-0.15, -0.1) is 0 Å². The van der Waals surface area contributed by atoms with E-state index in [1.165, 1.54) is 91.8 Å². The standard InChI is InChI=1S/C50H32N2S2/c1-2-11-33(12-3-1)34-21-25-40(26-22-34)51-43-18-8-9-20-47(43)53-48-27-23-38(30-44(48)51)39-24-28-49-45(31-39)52(42-19-10-16-35-13-6-7-17-41(35)42)46-29-36-14-4-5-15-37(36)32-50(46)54-49/h1-32H. The lowest BCUT2D eigenvalue weighted by Gasteiger charge is -2.35. The minimum Gasteiger partial charge on any atom is -0.308 e. The minimum atomic E-state index is 1.15. The van der Waals surface area contributed by atoms with E-state index in [9.17, 15) is 0 Å². The average Bonchev–Trinajstić information content (AvgIpc) is 3.24. The van der Waals surface area contributed by atoms with Crippen molar-refractivity contribution < 1.29 is 0 Å². The highest BCUT2D eigenvalue weighted by Crippen LogP contribution is 2.56. The van der Waals surface area contributed by atoms with Gasteiger partial charge in [0.15, 0.2) is 0 Å². The fourth-order valence-electron chi connectivity index (χ4n) is 7.98. The van der Waals surface area contributed by atoms with E-state index >= 15 is 0 Å². The van der Waals surface area contributed by atoms with Crippen LogP contribution in [0.2, 0.25) is 0 Å². The number of para-hydroxylation sites is 1. The third kappa shape index (κ3) is 5.21. The maximum absolute atomic E-state index is 2.49. The lowest BCUT2D eigenvalue weighted by Crippen LogP contribution is -2.16. The second-order valence-electron chi connectivity index (χ2n) is 13.8. The van der Waals surface area contributed by atoms with Crippen LogP contribution in [0.4, 0.5) is 34.1 Å². The number of rotatable bonds is 4. The number of nitrogens with zero attached hydrogens (tertiary/aromatic N) is 2. The number of hydrogen-bond acceptors (Lipinski definition) is 4. The molecule has 0 amide bonds. The van der Waals surface area contributed by atoms with Crippen molar-refractivity contribution in [2.45, 2.75) is 19.6 Å². The number of fused-ring (bicyclic) bond motifs is 6. The van der Waals surface area contributed by atoms with E-state index in [1.807, 2.05) is 23.5 Å². The molecule has 0 saturated heterocycles. The zero-order chi connectivity index (χ0) is 35.6. The Hall–Kier alpha value is -6.20. The summed E-state index contributed by atoms with van der Waals surface area (Å²) in [6, 6.07) is 71.1. The predicted molar refractivity (Wildman–Crippen MR) is 230 cm³/mol. The highest BCUT2D eigenvalue weighted by atomic mass is 32.2. The summed E-state index contributed by atoms with van der Waals surface area (Å²) in [7, 11) is 0. The Morgan fingerprint density at radius 2 is 0.796 bits per heavy atom. The van der Waals surface area contributed by atoms with Crippen LogP contribution in [-0.4, -0.2) is 0 Å². The van der Waals surface area contributed by atoms with E-state index in [2.05, 4.69) is 204 Å². The quantitative estimate of drug-likeness (QED) is 0.178. The van der Waals surface area contributed by atoms with Crippen molar-refractivity contribution in [3.8, 4) is 22.3 Å². The molecular weight excluding hydrogens is 693 g/mol. The van der Waals surface area contributed by atoms with Gasteiger partial charge in [0.05, 0.1) is 28.4 Å². The lowest BCUT2D eigenvalue weighted by atomic mass is 10.0. The monoisotopic (exact) mass is 724 g/mol.